The molecule has 7 nitrogen and oxygen atoms in total. The van der Waals surface area contributed by atoms with Gasteiger partial charge in [-0.25, -0.2) is 0 Å². The van der Waals surface area contributed by atoms with Crippen LogP contribution >= 0.6 is 11.6 Å². The summed E-state index contributed by atoms with van der Waals surface area (Å²) in [6.07, 6.45) is 3.21. The predicted octanol–water partition coefficient (Wildman–Crippen LogP) is 2.16. The van der Waals surface area contributed by atoms with Gasteiger partial charge in [-0.15, -0.1) is 0 Å². The highest BCUT2D eigenvalue weighted by molar-refractivity contribution is 6.34. The molecule has 0 bridgehead atoms. The highest BCUT2D eigenvalue weighted by atomic mass is 35.5. The predicted molar refractivity (Wildman–Crippen MR) is 77.9 cm³/mol. The lowest BCUT2D eigenvalue weighted by Crippen LogP contribution is -2.23. The number of nitro benzene ring substituents is 1. The van der Waals surface area contributed by atoms with Crippen molar-refractivity contribution in [3.05, 3.63) is 62.9 Å². The number of amides is 1. The first-order chi connectivity index (χ1) is 9.99. The van der Waals surface area contributed by atoms with Crippen molar-refractivity contribution in [2.45, 2.75) is 6.54 Å². The monoisotopic (exact) mass is 306 g/mol. The standard InChI is InChI=1S/C13H11ClN4O3/c14-10-5-9(6-11(12(10)15)18(20)21)13(19)17-7-8-1-3-16-4-2-8/h1-6H,7,15H2,(H,17,19). The number of nitrogens with zero attached hydrogens (tertiary/aromatic N) is 2. The number of halogens is 1. The number of hydrogen-bond acceptors (Lipinski definition) is 5. The molecule has 3 N–H and O–H groups in total. The van der Waals surface area contributed by atoms with E-state index in [4.69, 9.17) is 17.3 Å². The quantitative estimate of drug-likeness (QED) is 0.511. The number of benzene rings is 1. The largest absolute Gasteiger partial charge is 0.392 e. The van der Waals surface area contributed by atoms with Crippen LogP contribution in [-0.4, -0.2) is 15.8 Å². The van der Waals surface area contributed by atoms with Crippen LogP contribution in [0.15, 0.2) is 36.7 Å². The summed E-state index contributed by atoms with van der Waals surface area (Å²) >= 11 is 5.81. The molecule has 0 saturated heterocycles. The fraction of sp³-hybridized carbons (Fsp3) is 0.0769. The first kappa shape index (κ1) is 14.7. The van der Waals surface area contributed by atoms with Gasteiger partial charge in [-0.05, 0) is 23.8 Å². The van der Waals surface area contributed by atoms with E-state index in [1.54, 1.807) is 24.5 Å². The van der Waals surface area contributed by atoms with Gasteiger partial charge >= 0.3 is 0 Å². The lowest BCUT2D eigenvalue weighted by atomic mass is 10.1. The Labute approximate surface area is 124 Å². The summed E-state index contributed by atoms with van der Waals surface area (Å²) in [5.41, 5.74) is 5.89. The molecule has 0 aliphatic rings. The molecular weight excluding hydrogens is 296 g/mol. The average molecular weight is 307 g/mol. The molecule has 0 saturated carbocycles. The zero-order valence-corrected chi connectivity index (χ0v) is 11.5. The lowest BCUT2D eigenvalue weighted by Gasteiger charge is -2.07. The van der Waals surface area contributed by atoms with E-state index < -0.39 is 16.5 Å². The highest BCUT2D eigenvalue weighted by Gasteiger charge is 2.19. The third kappa shape index (κ3) is 3.46. The summed E-state index contributed by atoms with van der Waals surface area (Å²) in [5, 5.41) is 13.5. The second kappa shape index (κ2) is 6.19. The molecule has 2 aromatic rings. The van der Waals surface area contributed by atoms with Crippen LogP contribution in [0.1, 0.15) is 15.9 Å². The van der Waals surface area contributed by atoms with E-state index in [-0.39, 0.29) is 22.8 Å². The molecule has 0 fully saturated rings. The summed E-state index contributed by atoms with van der Waals surface area (Å²) in [4.78, 5) is 26.0. The van der Waals surface area contributed by atoms with E-state index in [1.165, 1.54) is 6.07 Å². The second-order valence-corrected chi connectivity index (χ2v) is 4.59. The molecule has 0 atom stereocenters. The number of carbonyl (C=O) groups excluding carboxylic acids is 1. The number of carbonyl (C=O) groups is 1. The third-order valence-electron chi connectivity index (χ3n) is 2.77. The van der Waals surface area contributed by atoms with E-state index >= 15 is 0 Å². The van der Waals surface area contributed by atoms with Crippen LogP contribution in [0.3, 0.4) is 0 Å². The molecule has 8 heteroatoms. The van der Waals surface area contributed by atoms with Gasteiger partial charge in [-0.2, -0.15) is 0 Å². The highest BCUT2D eigenvalue weighted by Crippen LogP contribution is 2.30. The Morgan fingerprint density at radius 3 is 2.67 bits per heavy atom. The Balaban J connectivity index is 2.18. The molecule has 0 radical (unpaired) electrons. The van der Waals surface area contributed by atoms with Crippen LogP contribution in [0.2, 0.25) is 5.02 Å². The number of aromatic nitrogens is 1. The molecule has 0 aliphatic carbocycles. The number of nitrogens with one attached hydrogen (secondary N) is 1. The van der Waals surface area contributed by atoms with Crippen molar-refractivity contribution >= 4 is 28.9 Å². The number of hydrogen-bond donors (Lipinski definition) is 2. The van der Waals surface area contributed by atoms with Gasteiger partial charge in [0, 0.05) is 30.6 Å². The molecule has 0 spiro atoms. The number of pyridine rings is 1. The minimum atomic E-state index is -0.680. The number of nitro groups is 1. The smallest absolute Gasteiger partial charge is 0.294 e. The Kier molecular flexibility index (Phi) is 4.34. The first-order valence-electron chi connectivity index (χ1n) is 5.89. The molecular formula is C13H11ClN4O3. The number of rotatable bonds is 4. The van der Waals surface area contributed by atoms with Crippen LogP contribution in [0.5, 0.6) is 0 Å². The summed E-state index contributed by atoms with van der Waals surface area (Å²) < 4.78 is 0. The zero-order valence-electron chi connectivity index (χ0n) is 10.7. The van der Waals surface area contributed by atoms with Gasteiger partial charge in [-0.3, -0.25) is 19.9 Å². The summed E-state index contributed by atoms with van der Waals surface area (Å²) in [6.45, 7) is 0.275. The van der Waals surface area contributed by atoms with Gasteiger partial charge in [0.05, 0.1) is 9.95 Å². The number of nitrogen functional groups attached to an aromatic ring is 1. The van der Waals surface area contributed by atoms with Crippen LogP contribution in [-0.2, 0) is 6.54 Å². The Bertz CT molecular complexity index is 691. The van der Waals surface area contributed by atoms with Crippen molar-refractivity contribution < 1.29 is 9.72 Å². The van der Waals surface area contributed by atoms with Gasteiger partial charge in [0.2, 0.25) is 0 Å². The molecule has 1 aromatic carbocycles. The van der Waals surface area contributed by atoms with Gasteiger partial charge in [0.25, 0.3) is 11.6 Å². The second-order valence-electron chi connectivity index (χ2n) is 4.19. The maximum absolute atomic E-state index is 12.0. The average Bonchev–Trinajstić information content (AvgIpc) is 2.48. The van der Waals surface area contributed by atoms with Crippen molar-refractivity contribution in [3.63, 3.8) is 0 Å². The first-order valence-corrected chi connectivity index (χ1v) is 6.27. The Morgan fingerprint density at radius 1 is 1.38 bits per heavy atom. The summed E-state index contributed by atoms with van der Waals surface area (Å²) in [5.74, 6) is -0.475. The fourth-order valence-electron chi connectivity index (χ4n) is 1.67. The lowest BCUT2D eigenvalue weighted by molar-refractivity contribution is -0.383. The van der Waals surface area contributed by atoms with Crippen molar-refractivity contribution in [2.75, 3.05) is 5.73 Å². The van der Waals surface area contributed by atoms with E-state index in [9.17, 15) is 14.9 Å². The van der Waals surface area contributed by atoms with E-state index in [1.807, 2.05) is 0 Å². The Morgan fingerprint density at radius 2 is 2.05 bits per heavy atom. The number of nitrogens with two attached hydrogens (primary N) is 1. The van der Waals surface area contributed by atoms with Gasteiger partial charge in [0.15, 0.2) is 0 Å². The van der Waals surface area contributed by atoms with Crippen LogP contribution in [0.4, 0.5) is 11.4 Å². The van der Waals surface area contributed by atoms with E-state index in [0.717, 1.165) is 11.6 Å². The maximum Gasteiger partial charge on any atom is 0.294 e. The van der Waals surface area contributed by atoms with Gasteiger partial charge < -0.3 is 11.1 Å². The molecule has 108 valence electrons. The molecule has 1 heterocycles. The fourth-order valence-corrected chi connectivity index (χ4v) is 1.88. The van der Waals surface area contributed by atoms with Gasteiger partial charge in [-0.1, -0.05) is 11.6 Å². The minimum absolute atomic E-state index is 0.0294. The van der Waals surface area contributed by atoms with Crippen LogP contribution in [0, 0.1) is 10.1 Å². The van der Waals surface area contributed by atoms with Crippen molar-refractivity contribution in [3.8, 4) is 0 Å². The van der Waals surface area contributed by atoms with Crippen LogP contribution < -0.4 is 11.1 Å². The maximum atomic E-state index is 12.0. The molecule has 0 unspecified atom stereocenters. The normalized spacial score (nSPS) is 10.1. The number of anilines is 1. The van der Waals surface area contributed by atoms with Gasteiger partial charge in [0.1, 0.15) is 5.69 Å². The van der Waals surface area contributed by atoms with E-state index in [2.05, 4.69) is 10.3 Å². The van der Waals surface area contributed by atoms with Crippen molar-refractivity contribution in [2.24, 2.45) is 0 Å². The van der Waals surface area contributed by atoms with E-state index in [0.29, 0.717) is 0 Å². The van der Waals surface area contributed by atoms with Crippen molar-refractivity contribution in [1.29, 1.82) is 0 Å². The zero-order chi connectivity index (χ0) is 15.4. The van der Waals surface area contributed by atoms with Crippen molar-refractivity contribution in [1.82, 2.24) is 10.3 Å². The summed E-state index contributed by atoms with van der Waals surface area (Å²) in [6, 6.07) is 5.90. The third-order valence-corrected chi connectivity index (χ3v) is 3.08. The molecule has 0 aliphatic heterocycles. The molecule has 1 aromatic heterocycles. The topological polar surface area (TPSA) is 111 Å². The molecule has 2 rings (SSSR count). The molecule has 21 heavy (non-hydrogen) atoms. The SMILES string of the molecule is Nc1c(Cl)cc(C(=O)NCc2ccncc2)cc1[N+](=O)[O-]. The summed E-state index contributed by atoms with van der Waals surface area (Å²) in [7, 11) is 0. The Hall–Kier alpha value is -2.67. The molecule has 1 amide bonds. The van der Waals surface area contributed by atoms with Crippen LogP contribution in [0.25, 0.3) is 0 Å². The minimum Gasteiger partial charge on any atom is -0.392 e.